The number of para-hydroxylation sites is 2. The van der Waals surface area contributed by atoms with E-state index in [0.717, 1.165) is 28.2 Å². The normalized spacial score (nSPS) is 11.3. The number of rotatable bonds is 2. The number of hydrogen-bond donors (Lipinski definition) is 0. The number of nitrogens with zero attached hydrogens (tertiary/aromatic N) is 4. The molecule has 0 spiro atoms. The van der Waals surface area contributed by atoms with E-state index >= 15 is 0 Å². The van der Waals surface area contributed by atoms with Gasteiger partial charge < -0.3 is 4.74 Å². The van der Waals surface area contributed by atoms with Crippen LogP contribution in [0.2, 0.25) is 0 Å². The molecule has 0 amide bonds. The number of carbonyl (C=O) groups excluding carboxylic acids is 1. The molecule has 1 aromatic carbocycles. The highest BCUT2D eigenvalue weighted by atomic mass is 16.5. The summed E-state index contributed by atoms with van der Waals surface area (Å²) in [6.45, 7) is 3.83. The molecule has 0 aliphatic carbocycles. The smallest absolute Gasteiger partial charge is 0.341 e. The minimum Gasteiger partial charge on any atom is -0.465 e. The molecule has 3 aromatic heterocycles. The van der Waals surface area contributed by atoms with E-state index in [-0.39, 0.29) is 5.97 Å². The number of esters is 1. The second-order valence-electron chi connectivity index (χ2n) is 5.66. The number of hydrogen-bond acceptors (Lipinski definition) is 4. The molecular formula is C18H16N4O2. The van der Waals surface area contributed by atoms with Crippen LogP contribution in [0.1, 0.15) is 21.7 Å². The Kier molecular flexibility index (Phi) is 3.13. The zero-order chi connectivity index (χ0) is 16.8. The summed E-state index contributed by atoms with van der Waals surface area (Å²) < 4.78 is 8.92. The van der Waals surface area contributed by atoms with Crippen molar-refractivity contribution in [2.75, 3.05) is 7.11 Å². The molecule has 120 valence electrons. The van der Waals surface area contributed by atoms with Crippen molar-refractivity contribution in [3.63, 3.8) is 0 Å². The van der Waals surface area contributed by atoms with Crippen molar-refractivity contribution in [1.82, 2.24) is 18.9 Å². The van der Waals surface area contributed by atoms with E-state index in [1.807, 2.05) is 59.3 Å². The maximum Gasteiger partial charge on any atom is 0.341 e. The summed E-state index contributed by atoms with van der Waals surface area (Å²) in [5.74, 6) is 1.36. The second kappa shape index (κ2) is 5.19. The molecule has 0 fully saturated rings. The summed E-state index contributed by atoms with van der Waals surface area (Å²) in [4.78, 5) is 21.3. The molecule has 24 heavy (non-hydrogen) atoms. The molecule has 0 N–H and O–H groups in total. The number of benzene rings is 1. The predicted molar refractivity (Wildman–Crippen MR) is 90.6 cm³/mol. The van der Waals surface area contributed by atoms with Crippen LogP contribution in [-0.4, -0.2) is 32.0 Å². The van der Waals surface area contributed by atoms with Gasteiger partial charge in [0, 0.05) is 12.4 Å². The van der Waals surface area contributed by atoms with Crippen molar-refractivity contribution in [2.45, 2.75) is 13.8 Å². The third-order valence-corrected chi connectivity index (χ3v) is 4.22. The third kappa shape index (κ3) is 1.93. The Morgan fingerprint density at radius 2 is 2.00 bits per heavy atom. The first-order chi connectivity index (χ1) is 11.6. The second-order valence-corrected chi connectivity index (χ2v) is 5.66. The summed E-state index contributed by atoms with van der Waals surface area (Å²) in [5, 5.41) is 0. The molecule has 0 atom stereocenters. The van der Waals surface area contributed by atoms with Crippen LogP contribution in [0.15, 0.2) is 42.7 Å². The summed E-state index contributed by atoms with van der Waals surface area (Å²) in [7, 11) is 1.38. The molecule has 0 unspecified atom stereocenters. The van der Waals surface area contributed by atoms with Crippen LogP contribution >= 0.6 is 0 Å². The number of fused-ring (bicyclic) bond motifs is 3. The first kappa shape index (κ1) is 14.4. The van der Waals surface area contributed by atoms with Gasteiger partial charge in [-0.1, -0.05) is 12.1 Å². The number of carbonyl (C=O) groups is 1. The topological polar surface area (TPSA) is 61.4 Å². The molecule has 0 radical (unpaired) electrons. The molecule has 6 nitrogen and oxygen atoms in total. The number of methoxy groups -OCH3 is 1. The van der Waals surface area contributed by atoms with Gasteiger partial charge in [-0.25, -0.2) is 14.8 Å². The maximum absolute atomic E-state index is 12.3. The highest BCUT2D eigenvalue weighted by Gasteiger charge is 2.21. The van der Waals surface area contributed by atoms with Crippen LogP contribution in [0.5, 0.6) is 0 Å². The molecule has 0 aliphatic rings. The molecule has 4 rings (SSSR count). The number of aromatic nitrogens is 4. The third-order valence-electron chi connectivity index (χ3n) is 4.22. The van der Waals surface area contributed by atoms with Crippen molar-refractivity contribution >= 4 is 22.6 Å². The molecule has 0 saturated carbocycles. The van der Waals surface area contributed by atoms with Crippen molar-refractivity contribution < 1.29 is 9.53 Å². The van der Waals surface area contributed by atoms with Gasteiger partial charge in [0.2, 0.25) is 0 Å². The Labute approximate surface area is 138 Å². The van der Waals surface area contributed by atoms with E-state index in [9.17, 15) is 4.79 Å². The fourth-order valence-electron chi connectivity index (χ4n) is 3.08. The summed E-state index contributed by atoms with van der Waals surface area (Å²) in [5.41, 5.74) is 3.64. The zero-order valence-corrected chi connectivity index (χ0v) is 13.6. The summed E-state index contributed by atoms with van der Waals surface area (Å²) in [6, 6.07) is 9.77. The van der Waals surface area contributed by atoms with Gasteiger partial charge in [0.25, 0.3) is 0 Å². The number of ether oxygens (including phenoxy) is 1. The Bertz CT molecular complexity index is 1090. The average Bonchev–Trinajstić information content (AvgIpc) is 3.17. The first-order valence-electron chi connectivity index (χ1n) is 7.61. The van der Waals surface area contributed by atoms with E-state index in [2.05, 4.69) is 9.97 Å². The van der Waals surface area contributed by atoms with Crippen LogP contribution in [0.3, 0.4) is 0 Å². The van der Waals surface area contributed by atoms with Crippen LogP contribution < -0.4 is 0 Å². The molecule has 0 aliphatic heterocycles. The Morgan fingerprint density at radius 3 is 2.71 bits per heavy atom. The minimum atomic E-state index is -0.387. The predicted octanol–water partition coefficient (Wildman–Crippen LogP) is 3.08. The van der Waals surface area contributed by atoms with Gasteiger partial charge in [0.1, 0.15) is 17.2 Å². The molecule has 0 saturated heterocycles. The lowest BCUT2D eigenvalue weighted by molar-refractivity contribution is 0.0601. The number of aryl methyl sites for hydroxylation is 2. The van der Waals surface area contributed by atoms with Crippen molar-refractivity contribution in [1.29, 1.82) is 0 Å². The van der Waals surface area contributed by atoms with Crippen LogP contribution in [0, 0.1) is 13.8 Å². The molecular weight excluding hydrogens is 304 g/mol. The SMILES string of the molecule is COC(=O)c1c(C)cc(-n2ccnc2C)n2c1nc1ccccc12. The van der Waals surface area contributed by atoms with Crippen molar-refractivity contribution in [3.05, 3.63) is 59.7 Å². The van der Waals surface area contributed by atoms with Crippen LogP contribution in [-0.2, 0) is 4.74 Å². The maximum atomic E-state index is 12.3. The molecule has 0 bridgehead atoms. The van der Waals surface area contributed by atoms with E-state index < -0.39 is 0 Å². The van der Waals surface area contributed by atoms with Gasteiger partial charge in [0.05, 0.1) is 18.1 Å². The fraction of sp³-hybridized carbons (Fsp3) is 0.167. The van der Waals surface area contributed by atoms with Crippen LogP contribution in [0.4, 0.5) is 0 Å². The Balaban J connectivity index is 2.22. The van der Waals surface area contributed by atoms with Crippen LogP contribution in [0.25, 0.3) is 22.5 Å². The lowest BCUT2D eigenvalue weighted by Crippen LogP contribution is -2.11. The molecule has 3 heterocycles. The average molecular weight is 320 g/mol. The van der Waals surface area contributed by atoms with E-state index in [1.54, 1.807) is 6.20 Å². The molecule has 4 aromatic rings. The highest BCUT2D eigenvalue weighted by molar-refractivity contribution is 6.00. The van der Waals surface area contributed by atoms with Crippen molar-refractivity contribution in [3.8, 4) is 5.82 Å². The van der Waals surface area contributed by atoms with Crippen molar-refractivity contribution in [2.24, 2.45) is 0 Å². The molecule has 6 heteroatoms. The summed E-state index contributed by atoms with van der Waals surface area (Å²) in [6.07, 6.45) is 3.65. The number of imidazole rings is 2. The Hall–Kier alpha value is -3.15. The summed E-state index contributed by atoms with van der Waals surface area (Å²) >= 11 is 0. The van der Waals surface area contributed by atoms with Gasteiger partial charge in [-0.2, -0.15) is 0 Å². The van der Waals surface area contributed by atoms with Gasteiger partial charge >= 0.3 is 5.97 Å². The quantitative estimate of drug-likeness (QED) is 0.533. The number of pyridine rings is 1. The van der Waals surface area contributed by atoms with Gasteiger partial charge in [-0.3, -0.25) is 8.97 Å². The standard InChI is InChI=1S/C18H16N4O2/c1-11-10-15(21-9-8-19-12(21)2)22-14-7-5-4-6-13(14)20-17(22)16(11)18(23)24-3/h4-10H,1-3H3. The van der Waals surface area contributed by atoms with E-state index in [1.165, 1.54) is 7.11 Å². The fourth-order valence-corrected chi connectivity index (χ4v) is 3.08. The van der Waals surface area contributed by atoms with Gasteiger partial charge in [0.15, 0.2) is 5.65 Å². The van der Waals surface area contributed by atoms with Gasteiger partial charge in [-0.15, -0.1) is 0 Å². The van der Waals surface area contributed by atoms with Gasteiger partial charge in [-0.05, 0) is 37.6 Å². The van der Waals surface area contributed by atoms with E-state index in [4.69, 9.17) is 4.74 Å². The Morgan fingerprint density at radius 1 is 1.21 bits per heavy atom. The zero-order valence-electron chi connectivity index (χ0n) is 13.6. The first-order valence-corrected chi connectivity index (χ1v) is 7.61. The largest absolute Gasteiger partial charge is 0.465 e. The monoisotopic (exact) mass is 320 g/mol. The lowest BCUT2D eigenvalue weighted by atomic mass is 10.1. The lowest BCUT2D eigenvalue weighted by Gasteiger charge is -2.13. The minimum absolute atomic E-state index is 0.387. The van der Waals surface area contributed by atoms with E-state index in [0.29, 0.717) is 11.2 Å². The highest BCUT2D eigenvalue weighted by Crippen LogP contribution is 2.27.